The number of likely N-dealkylation sites (N-methyl/N-ethyl adjacent to an activating group) is 2. The summed E-state index contributed by atoms with van der Waals surface area (Å²) in [6, 6.07) is 21.7. The summed E-state index contributed by atoms with van der Waals surface area (Å²) in [5, 5.41) is 8.79. The van der Waals surface area contributed by atoms with Crippen molar-refractivity contribution >= 4 is 5.97 Å². The quantitative estimate of drug-likeness (QED) is 0.0544. The van der Waals surface area contributed by atoms with Gasteiger partial charge in [-0.05, 0) is 109 Å². The molecular weight excluding hydrogens is 853 g/mol. The van der Waals surface area contributed by atoms with Gasteiger partial charge in [-0.2, -0.15) is 0 Å². The zero-order valence-corrected chi connectivity index (χ0v) is 42.3. The Morgan fingerprint density at radius 1 is 0.632 bits per heavy atom. The van der Waals surface area contributed by atoms with E-state index in [0.717, 1.165) is 80.6 Å². The molecule has 0 fully saturated rings. The number of carboxylic acid groups (broad SMARTS) is 1. The first-order chi connectivity index (χ1) is 33.1. The van der Waals surface area contributed by atoms with Gasteiger partial charge < -0.3 is 38.0 Å². The van der Waals surface area contributed by atoms with Crippen molar-refractivity contribution < 1.29 is 42.8 Å². The highest BCUT2D eigenvalue weighted by Gasteiger charge is 2.43. The van der Waals surface area contributed by atoms with Gasteiger partial charge in [-0.1, -0.05) is 108 Å². The van der Waals surface area contributed by atoms with Gasteiger partial charge in [0.05, 0.1) is 54.1 Å². The van der Waals surface area contributed by atoms with Crippen LogP contribution in [-0.4, -0.2) is 82.6 Å². The first kappa shape index (κ1) is 50.9. The number of quaternary nitrogens is 1. The van der Waals surface area contributed by atoms with Crippen LogP contribution in [0.3, 0.4) is 0 Å². The van der Waals surface area contributed by atoms with E-state index in [4.69, 9.17) is 33.5 Å². The number of carbonyl (C=O) groups is 1. The maximum atomic E-state index is 10.7. The van der Waals surface area contributed by atoms with Crippen LogP contribution >= 0.6 is 0 Å². The molecule has 0 saturated carbocycles. The summed E-state index contributed by atoms with van der Waals surface area (Å²) in [6.07, 6.45) is 25.0. The molecule has 68 heavy (non-hydrogen) atoms. The number of fused-ring (bicyclic) bond motifs is 2. The summed E-state index contributed by atoms with van der Waals surface area (Å²) < 4.78 is 39.2. The van der Waals surface area contributed by atoms with Crippen LogP contribution in [0, 0.1) is 0 Å². The fourth-order valence-electron chi connectivity index (χ4n) is 11.2. The average Bonchev–Trinajstić information content (AvgIpc) is 3.34. The Hall–Kier alpha value is -4.93. The molecule has 370 valence electrons. The van der Waals surface area contributed by atoms with Crippen molar-refractivity contribution in [3.63, 3.8) is 0 Å². The third-order valence-corrected chi connectivity index (χ3v) is 15.3. The van der Waals surface area contributed by atoms with Gasteiger partial charge in [0.15, 0.2) is 34.5 Å². The minimum Gasteiger partial charge on any atom is -0.493 e. The molecule has 10 heteroatoms. The second-order valence-electron chi connectivity index (χ2n) is 20.1. The molecule has 4 heterocycles. The van der Waals surface area contributed by atoms with E-state index in [9.17, 15) is 4.79 Å². The molecule has 3 unspecified atom stereocenters. The third-order valence-electron chi connectivity index (χ3n) is 15.3. The molecule has 1 N–H and O–H groups in total. The molecule has 3 atom stereocenters. The summed E-state index contributed by atoms with van der Waals surface area (Å²) in [5.74, 6) is 4.91. The minimum atomic E-state index is -0.671. The second kappa shape index (κ2) is 25.1. The lowest BCUT2D eigenvalue weighted by Crippen LogP contribution is -2.52. The van der Waals surface area contributed by atoms with Gasteiger partial charge in [0.25, 0.3) is 0 Å². The molecule has 6 bridgehead atoms. The van der Waals surface area contributed by atoms with E-state index in [1.54, 1.807) is 28.4 Å². The van der Waals surface area contributed by atoms with E-state index in [2.05, 4.69) is 73.6 Å². The lowest BCUT2D eigenvalue weighted by molar-refractivity contribution is -0.941. The summed E-state index contributed by atoms with van der Waals surface area (Å²) in [4.78, 5) is 13.1. The molecule has 8 rings (SSSR count). The van der Waals surface area contributed by atoms with E-state index in [1.165, 1.54) is 123 Å². The van der Waals surface area contributed by atoms with Gasteiger partial charge in [0.2, 0.25) is 5.75 Å². The molecule has 0 amide bonds. The third kappa shape index (κ3) is 13.0. The predicted molar refractivity (Wildman–Crippen MR) is 272 cm³/mol. The number of hydrogen-bond acceptors (Lipinski definition) is 8. The van der Waals surface area contributed by atoms with Gasteiger partial charge >= 0.3 is 5.97 Å². The van der Waals surface area contributed by atoms with E-state index >= 15 is 0 Å². The molecule has 0 aliphatic carbocycles. The maximum Gasteiger partial charge on any atom is 0.303 e. The number of benzene rings is 4. The first-order valence-electron chi connectivity index (χ1n) is 26.0. The minimum absolute atomic E-state index is 0.0471. The SMILES string of the molecule is COc1ccc2cc1Oc1ccc(cc1)CC1c3cc(c(OC)cc3CCN1C)Oc1c(OC)c(OC)cc3c1C(C2)[N+](C)(CCCCCCCCCCCCCCCCCCCC(=O)O)CC3. The fraction of sp³-hybridized carbons (Fsp3) is 0.569. The highest BCUT2D eigenvalue weighted by Crippen LogP contribution is 2.53. The van der Waals surface area contributed by atoms with Crippen LogP contribution in [0.4, 0.5) is 0 Å². The summed E-state index contributed by atoms with van der Waals surface area (Å²) in [6.45, 7) is 3.02. The number of unbranched alkanes of at least 4 members (excludes halogenated alkanes) is 16. The average molecular weight is 934 g/mol. The van der Waals surface area contributed by atoms with Crippen molar-refractivity contribution in [1.29, 1.82) is 0 Å². The molecule has 4 aromatic rings. The lowest BCUT2D eigenvalue weighted by atomic mass is 9.85. The van der Waals surface area contributed by atoms with Crippen molar-refractivity contribution in [3.8, 4) is 46.0 Å². The second-order valence-corrected chi connectivity index (χ2v) is 20.1. The molecule has 4 aromatic carbocycles. The molecule has 4 aliphatic heterocycles. The molecule has 0 radical (unpaired) electrons. The molecule has 10 nitrogen and oxygen atoms in total. The monoisotopic (exact) mass is 934 g/mol. The van der Waals surface area contributed by atoms with Crippen LogP contribution in [0.1, 0.15) is 161 Å². The van der Waals surface area contributed by atoms with Gasteiger partial charge in [0.1, 0.15) is 11.8 Å². The van der Waals surface area contributed by atoms with Crippen LogP contribution in [0.15, 0.2) is 60.7 Å². The van der Waals surface area contributed by atoms with Gasteiger partial charge in [-0.3, -0.25) is 9.69 Å². The molecule has 0 spiro atoms. The van der Waals surface area contributed by atoms with Gasteiger partial charge in [-0.25, -0.2) is 0 Å². The number of methoxy groups -OCH3 is 4. The van der Waals surface area contributed by atoms with Crippen LogP contribution in [0.25, 0.3) is 0 Å². The van der Waals surface area contributed by atoms with Crippen molar-refractivity contribution in [3.05, 3.63) is 94.0 Å². The van der Waals surface area contributed by atoms with Crippen molar-refractivity contribution in [2.45, 2.75) is 153 Å². The smallest absolute Gasteiger partial charge is 0.303 e. The first-order valence-corrected chi connectivity index (χ1v) is 26.0. The molecule has 0 saturated heterocycles. The number of carboxylic acids is 1. The number of hydrogen-bond donors (Lipinski definition) is 1. The van der Waals surface area contributed by atoms with Crippen molar-refractivity contribution in [1.82, 2.24) is 4.90 Å². The number of ether oxygens (including phenoxy) is 6. The van der Waals surface area contributed by atoms with E-state index in [1.807, 2.05) is 6.07 Å². The largest absolute Gasteiger partial charge is 0.493 e. The summed E-state index contributed by atoms with van der Waals surface area (Å²) in [5.41, 5.74) is 7.34. The Balaban J connectivity index is 1.07. The van der Waals surface area contributed by atoms with Crippen LogP contribution < -0.4 is 28.4 Å². The highest BCUT2D eigenvalue weighted by atomic mass is 16.5. The van der Waals surface area contributed by atoms with Crippen molar-refractivity contribution in [2.75, 3.05) is 62.2 Å². The van der Waals surface area contributed by atoms with Crippen molar-refractivity contribution in [2.24, 2.45) is 0 Å². The zero-order chi connectivity index (χ0) is 47.9. The summed E-state index contributed by atoms with van der Waals surface area (Å²) in [7, 11) is 11.6. The Bertz CT molecular complexity index is 2240. The van der Waals surface area contributed by atoms with Gasteiger partial charge in [0, 0.05) is 31.8 Å². The number of aliphatic carboxylic acids is 1. The highest BCUT2D eigenvalue weighted by molar-refractivity contribution is 5.66. The lowest BCUT2D eigenvalue weighted by Gasteiger charge is -2.46. The Morgan fingerprint density at radius 3 is 1.81 bits per heavy atom. The standard InChI is InChI=1S/C58H80N2O8/c1-59-33-31-44-39-51(64-4)53-41-47(44)48(59)36-42-25-28-46(29-26-42)67-52-38-43(27-30-50(52)63-3)37-49-56-45(40-54(65-5)57(66-6)58(56)68-53)32-35-60(49,2)34-23-21-19-17-15-13-11-9-7-8-10-12-14-16-18-20-22-24-55(61)62/h25-30,38-41,48-49H,7-24,31-37H2,1-6H3/p+1. The Kier molecular flexibility index (Phi) is 18.8. The molecule has 0 aromatic heterocycles. The van der Waals surface area contributed by atoms with E-state index in [-0.39, 0.29) is 12.1 Å². The number of nitrogens with zero attached hydrogens (tertiary/aromatic N) is 2. The zero-order valence-electron chi connectivity index (χ0n) is 42.3. The van der Waals surface area contributed by atoms with E-state index in [0.29, 0.717) is 40.9 Å². The maximum absolute atomic E-state index is 10.7. The van der Waals surface area contributed by atoms with Crippen LogP contribution in [-0.2, 0) is 30.5 Å². The summed E-state index contributed by atoms with van der Waals surface area (Å²) >= 11 is 0. The molecular formula is C58H81N2O8+. The fourth-order valence-corrected chi connectivity index (χ4v) is 11.2. The Morgan fingerprint density at radius 2 is 1.21 bits per heavy atom. The predicted octanol–water partition coefficient (Wildman–Crippen LogP) is 13.8. The van der Waals surface area contributed by atoms with Crippen LogP contribution in [0.2, 0.25) is 0 Å². The Labute approximate surface area is 407 Å². The topological polar surface area (TPSA) is 95.9 Å². The number of rotatable bonds is 24. The van der Waals surface area contributed by atoms with Crippen LogP contribution in [0.5, 0.6) is 46.0 Å². The van der Waals surface area contributed by atoms with E-state index < -0.39 is 5.97 Å². The normalized spacial score (nSPS) is 18.7. The molecule has 4 aliphatic rings. The van der Waals surface area contributed by atoms with Gasteiger partial charge in [-0.15, -0.1) is 0 Å².